The summed E-state index contributed by atoms with van der Waals surface area (Å²) < 4.78 is 12.9. The molecule has 1 aliphatic heterocycles. The first-order chi connectivity index (χ1) is 15.3. The van der Waals surface area contributed by atoms with Gasteiger partial charge in [-0.2, -0.15) is 4.98 Å². The fourth-order valence-corrected chi connectivity index (χ4v) is 4.06. The largest absolute Gasteiger partial charge is 0.379 e. The van der Waals surface area contributed by atoms with E-state index in [-0.39, 0.29) is 0 Å². The first-order valence-corrected chi connectivity index (χ1v) is 10.4. The first-order valence-electron chi connectivity index (χ1n) is 10.4. The lowest BCUT2D eigenvalue weighted by Gasteiger charge is -2.26. The minimum Gasteiger partial charge on any atom is -0.379 e. The Bertz CT molecular complexity index is 1350. The van der Waals surface area contributed by atoms with Crippen LogP contribution in [0, 0.1) is 0 Å². The molecule has 1 aliphatic rings. The number of fused-ring (bicyclic) bond motifs is 2. The molecule has 2 aromatic carbocycles. The third-order valence-electron chi connectivity index (χ3n) is 5.76. The molecular formula is C22H21N7O2. The summed E-state index contributed by atoms with van der Waals surface area (Å²) >= 11 is 0. The van der Waals surface area contributed by atoms with E-state index < -0.39 is 0 Å². The average Bonchev–Trinajstić information content (AvgIpc) is 3.57. The lowest BCUT2D eigenvalue weighted by atomic mass is 10.1. The average molecular weight is 415 g/mol. The zero-order valence-electron chi connectivity index (χ0n) is 16.9. The topological polar surface area (TPSA) is 97.9 Å². The van der Waals surface area contributed by atoms with Crippen molar-refractivity contribution >= 4 is 21.9 Å². The number of benzene rings is 2. The summed E-state index contributed by atoms with van der Waals surface area (Å²) in [6.07, 6.45) is 1.90. The third-order valence-corrected chi connectivity index (χ3v) is 5.76. The molecule has 6 rings (SSSR count). The monoisotopic (exact) mass is 415 g/mol. The molecule has 0 unspecified atom stereocenters. The lowest BCUT2D eigenvalue weighted by molar-refractivity contribution is 0.0360. The smallest absolute Gasteiger partial charge is 0.258 e. The van der Waals surface area contributed by atoms with Gasteiger partial charge in [0.1, 0.15) is 5.52 Å². The Morgan fingerprint density at radius 2 is 1.97 bits per heavy atom. The minimum absolute atomic E-state index is 0.495. The number of hydrogen-bond donors (Lipinski definition) is 1. The molecule has 156 valence electrons. The van der Waals surface area contributed by atoms with Crippen LogP contribution in [0.15, 0.2) is 53.2 Å². The van der Waals surface area contributed by atoms with Crippen molar-refractivity contribution in [2.24, 2.45) is 0 Å². The Kier molecular flexibility index (Phi) is 4.47. The second kappa shape index (κ2) is 7.60. The lowest BCUT2D eigenvalue weighted by Crippen LogP contribution is -2.38. The summed E-state index contributed by atoms with van der Waals surface area (Å²) in [5.41, 5.74) is 4.61. The second-order valence-corrected chi connectivity index (χ2v) is 7.64. The van der Waals surface area contributed by atoms with E-state index in [0.29, 0.717) is 11.7 Å². The van der Waals surface area contributed by atoms with Gasteiger partial charge in [-0.3, -0.25) is 4.90 Å². The summed E-state index contributed by atoms with van der Waals surface area (Å²) in [6.45, 7) is 5.26. The van der Waals surface area contributed by atoms with Crippen molar-refractivity contribution in [2.75, 3.05) is 32.8 Å². The van der Waals surface area contributed by atoms with Crippen molar-refractivity contribution in [3.8, 4) is 22.8 Å². The van der Waals surface area contributed by atoms with Crippen molar-refractivity contribution < 1.29 is 9.26 Å². The Labute approximate surface area is 177 Å². The van der Waals surface area contributed by atoms with Crippen LogP contribution in [0.1, 0.15) is 0 Å². The summed E-state index contributed by atoms with van der Waals surface area (Å²) in [6, 6.07) is 14.0. The number of nitrogens with one attached hydrogen (secondary N) is 1. The Balaban J connectivity index is 1.25. The molecule has 0 spiro atoms. The second-order valence-electron chi connectivity index (χ2n) is 7.64. The molecule has 0 aliphatic carbocycles. The Morgan fingerprint density at radius 3 is 2.90 bits per heavy atom. The fourth-order valence-electron chi connectivity index (χ4n) is 4.06. The van der Waals surface area contributed by atoms with Gasteiger partial charge >= 0.3 is 0 Å². The van der Waals surface area contributed by atoms with E-state index in [1.807, 2.05) is 53.3 Å². The standard InChI is InChI=1S/C22H21N7O2/c1-2-17(16-6-7-23-18(16)3-1)22-24-21(26-31-22)15-4-5-20-19(14-15)25-27-29(20)9-8-28-10-12-30-13-11-28/h1-7,14,23H,8-13H2. The maximum atomic E-state index is 5.57. The molecule has 31 heavy (non-hydrogen) atoms. The van der Waals surface area contributed by atoms with Crippen LogP contribution >= 0.6 is 0 Å². The number of aromatic amines is 1. The van der Waals surface area contributed by atoms with Crippen LogP contribution in [0.4, 0.5) is 0 Å². The number of morpholine rings is 1. The van der Waals surface area contributed by atoms with Gasteiger partial charge < -0.3 is 14.2 Å². The van der Waals surface area contributed by atoms with E-state index >= 15 is 0 Å². The van der Waals surface area contributed by atoms with E-state index in [4.69, 9.17) is 9.26 Å². The van der Waals surface area contributed by atoms with Crippen molar-refractivity contribution in [3.05, 3.63) is 48.7 Å². The summed E-state index contributed by atoms with van der Waals surface area (Å²) in [5, 5.41) is 13.9. The number of H-pyrrole nitrogens is 1. The molecule has 0 amide bonds. The molecule has 0 bridgehead atoms. The molecule has 3 aromatic heterocycles. The molecule has 9 nitrogen and oxygen atoms in total. The molecule has 0 saturated carbocycles. The Hall–Kier alpha value is -3.56. The summed E-state index contributed by atoms with van der Waals surface area (Å²) in [4.78, 5) is 10.2. The highest BCUT2D eigenvalue weighted by Crippen LogP contribution is 2.29. The highest BCUT2D eigenvalue weighted by atomic mass is 16.5. The van der Waals surface area contributed by atoms with Crippen LogP contribution in [0.25, 0.3) is 44.8 Å². The molecule has 0 radical (unpaired) electrons. The molecule has 4 heterocycles. The maximum Gasteiger partial charge on any atom is 0.258 e. The van der Waals surface area contributed by atoms with Crippen LogP contribution in [0.2, 0.25) is 0 Å². The van der Waals surface area contributed by atoms with E-state index in [9.17, 15) is 0 Å². The van der Waals surface area contributed by atoms with Gasteiger partial charge in [-0.25, -0.2) is 4.68 Å². The maximum absolute atomic E-state index is 5.57. The van der Waals surface area contributed by atoms with Crippen LogP contribution in [0.3, 0.4) is 0 Å². The van der Waals surface area contributed by atoms with Crippen molar-refractivity contribution in [1.29, 1.82) is 0 Å². The number of nitrogens with zero attached hydrogens (tertiary/aromatic N) is 6. The zero-order valence-corrected chi connectivity index (χ0v) is 16.9. The van der Waals surface area contributed by atoms with E-state index in [0.717, 1.165) is 72.5 Å². The Morgan fingerprint density at radius 1 is 1.03 bits per heavy atom. The quantitative estimate of drug-likeness (QED) is 0.471. The molecule has 1 saturated heterocycles. The van der Waals surface area contributed by atoms with Crippen molar-refractivity contribution in [1.82, 2.24) is 35.0 Å². The molecule has 9 heteroatoms. The van der Waals surface area contributed by atoms with Crippen LogP contribution < -0.4 is 0 Å². The van der Waals surface area contributed by atoms with Gasteiger partial charge in [0, 0.05) is 47.9 Å². The third kappa shape index (κ3) is 3.37. The highest BCUT2D eigenvalue weighted by Gasteiger charge is 2.16. The van der Waals surface area contributed by atoms with E-state index in [1.165, 1.54) is 0 Å². The highest BCUT2D eigenvalue weighted by molar-refractivity contribution is 5.93. The number of aromatic nitrogens is 6. The summed E-state index contributed by atoms with van der Waals surface area (Å²) in [5.74, 6) is 1.03. The van der Waals surface area contributed by atoms with Gasteiger partial charge in [0.2, 0.25) is 5.82 Å². The molecule has 0 atom stereocenters. The van der Waals surface area contributed by atoms with Crippen molar-refractivity contribution in [2.45, 2.75) is 6.54 Å². The normalized spacial score (nSPS) is 15.2. The van der Waals surface area contributed by atoms with E-state index in [1.54, 1.807) is 0 Å². The van der Waals surface area contributed by atoms with Gasteiger partial charge in [0.25, 0.3) is 5.89 Å². The number of hydrogen-bond acceptors (Lipinski definition) is 7. The van der Waals surface area contributed by atoms with Crippen LogP contribution in [-0.4, -0.2) is 67.9 Å². The van der Waals surface area contributed by atoms with Gasteiger partial charge in [-0.15, -0.1) is 5.10 Å². The number of ether oxygens (including phenoxy) is 1. The van der Waals surface area contributed by atoms with Crippen LogP contribution in [0.5, 0.6) is 0 Å². The molecular weight excluding hydrogens is 394 g/mol. The van der Waals surface area contributed by atoms with Crippen LogP contribution in [-0.2, 0) is 11.3 Å². The SMILES string of the molecule is c1cc(-c2nc(-c3ccc4c(c3)nnn4CCN3CCOCC3)no2)c2cc[nH]c2c1. The van der Waals surface area contributed by atoms with Gasteiger partial charge in [0.15, 0.2) is 0 Å². The zero-order chi connectivity index (χ0) is 20.6. The molecule has 1 N–H and O–H groups in total. The fraction of sp³-hybridized carbons (Fsp3) is 0.273. The molecule has 1 fully saturated rings. The van der Waals surface area contributed by atoms with Gasteiger partial charge in [0.05, 0.1) is 25.3 Å². The van der Waals surface area contributed by atoms with Gasteiger partial charge in [-0.05, 0) is 36.4 Å². The first kappa shape index (κ1) is 18.2. The van der Waals surface area contributed by atoms with Gasteiger partial charge in [-0.1, -0.05) is 16.4 Å². The van der Waals surface area contributed by atoms with E-state index in [2.05, 4.69) is 30.3 Å². The predicted molar refractivity (Wildman–Crippen MR) is 115 cm³/mol. The summed E-state index contributed by atoms with van der Waals surface area (Å²) in [7, 11) is 0. The molecule has 5 aromatic rings. The predicted octanol–water partition coefficient (Wildman–Crippen LogP) is 2.96. The minimum atomic E-state index is 0.495. The number of rotatable bonds is 5. The van der Waals surface area contributed by atoms with Crippen molar-refractivity contribution in [3.63, 3.8) is 0 Å².